The third-order valence-electron chi connectivity index (χ3n) is 2.29. The summed E-state index contributed by atoms with van der Waals surface area (Å²) in [6.45, 7) is 5.40. The van der Waals surface area contributed by atoms with Gasteiger partial charge in [0.05, 0.1) is 0 Å². The minimum atomic E-state index is 0.253. The fourth-order valence-electron chi connectivity index (χ4n) is 1.06. The van der Waals surface area contributed by atoms with Gasteiger partial charge in [-0.25, -0.2) is 4.98 Å². The molecule has 0 spiro atoms. The lowest BCUT2D eigenvalue weighted by Crippen LogP contribution is -2.25. The molecular weight excluding hydrogens is 206 g/mol. The van der Waals surface area contributed by atoms with E-state index in [1.165, 1.54) is 0 Å². The maximum atomic E-state index is 4.17. The summed E-state index contributed by atoms with van der Waals surface area (Å²) in [4.78, 5) is 4.17. The highest BCUT2D eigenvalue weighted by molar-refractivity contribution is 7.99. The van der Waals surface area contributed by atoms with Crippen molar-refractivity contribution in [3.8, 4) is 0 Å². The Morgan fingerprint density at radius 2 is 2.20 bits per heavy atom. The Labute approximate surface area is 96.1 Å². The lowest BCUT2D eigenvalue weighted by atomic mass is 10.2. The zero-order valence-electron chi connectivity index (χ0n) is 9.79. The third kappa shape index (κ3) is 4.00. The topological polar surface area (TPSA) is 37.0 Å². The van der Waals surface area contributed by atoms with Crippen molar-refractivity contribution in [2.24, 2.45) is 0 Å². The molecule has 0 aliphatic rings. The molecule has 0 bridgehead atoms. The molecule has 1 aromatic rings. The van der Waals surface area contributed by atoms with Crippen molar-refractivity contribution in [3.05, 3.63) is 18.3 Å². The van der Waals surface area contributed by atoms with Gasteiger partial charge in [-0.15, -0.1) is 0 Å². The van der Waals surface area contributed by atoms with Gasteiger partial charge in [0.2, 0.25) is 0 Å². The summed E-state index contributed by atoms with van der Waals surface area (Å²) in [7, 11) is 1.87. The van der Waals surface area contributed by atoms with Crippen molar-refractivity contribution < 1.29 is 0 Å². The summed E-state index contributed by atoms with van der Waals surface area (Å²) in [5.41, 5.74) is 1.11. The van der Waals surface area contributed by atoms with Gasteiger partial charge in [-0.1, -0.05) is 0 Å². The second kappa shape index (κ2) is 5.26. The van der Waals surface area contributed by atoms with Gasteiger partial charge in [-0.3, -0.25) is 0 Å². The number of rotatable bonds is 5. The van der Waals surface area contributed by atoms with Crippen molar-refractivity contribution in [1.29, 1.82) is 0 Å². The van der Waals surface area contributed by atoms with E-state index in [1.54, 1.807) is 6.20 Å². The average molecular weight is 225 g/mol. The first kappa shape index (κ1) is 12.2. The van der Waals surface area contributed by atoms with Crippen LogP contribution in [0.15, 0.2) is 18.3 Å². The largest absolute Gasteiger partial charge is 0.384 e. The van der Waals surface area contributed by atoms with Crippen LogP contribution in [0.25, 0.3) is 0 Å². The molecule has 0 saturated carbocycles. The standard InChI is InChI=1S/C11H19N3S/c1-11(2,15-4)8-14-9-5-6-13-10(7-9)12-3/h5-7H,8H2,1-4H3,(H2,12,13,14). The van der Waals surface area contributed by atoms with Crippen LogP contribution in [0.3, 0.4) is 0 Å². The molecule has 0 amide bonds. The van der Waals surface area contributed by atoms with E-state index in [-0.39, 0.29) is 4.75 Å². The zero-order valence-corrected chi connectivity index (χ0v) is 10.6. The molecule has 84 valence electrons. The van der Waals surface area contributed by atoms with Crippen molar-refractivity contribution >= 4 is 23.3 Å². The predicted octanol–water partition coefficient (Wildman–Crippen LogP) is 2.68. The van der Waals surface area contributed by atoms with Gasteiger partial charge in [-0.2, -0.15) is 11.8 Å². The van der Waals surface area contributed by atoms with Crippen LogP contribution < -0.4 is 10.6 Å². The van der Waals surface area contributed by atoms with Crippen LogP contribution in [0.1, 0.15) is 13.8 Å². The summed E-state index contributed by atoms with van der Waals surface area (Å²) in [5, 5.41) is 6.43. The van der Waals surface area contributed by atoms with E-state index in [2.05, 4.69) is 35.7 Å². The maximum Gasteiger partial charge on any atom is 0.127 e. The quantitative estimate of drug-likeness (QED) is 0.808. The summed E-state index contributed by atoms with van der Waals surface area (Å²) in [6.07, 6.45) is 3.94. The van der Waals surface area contributed by atoms with E-state index in [0.29, 0.717) is 0 Å². The monoisotopic (exact) mass is 225 g/mol. The number of anilines is 2. The Bertz CT molecular complexity index is 312. The molecule has 3 nitrogen and oxygen atoms in total. The molecule has 15 heavy (non-hydrogen) atoms. The summed E-state index contributed by atoms with van der Waals surface area (Å²) in [5.74, 6) is 0.891. The van der Waals surface area contributed by atoms with Gasteiger partial charge < -0.3 is 10.6 Å². The molecule has 0 unspecified atom stereocenters. The van der Waals surface area contributed by atoms with E-state index < -0.39 is 0 Å². The molecule has 1 rings (SSSR count). The lowest BCUT2D eigenvalue weighted by Gasteiger charge is -2.23. The van der Waals surface area contributed by atoms with Crippen molar-refractivity contribution in [1.82, 2.24) is 4.98 Å². The molecule has 1 heterocycles. The average Bonchev–Trinajstić information content (AvgIpc) is 2.27. The number of aromatic nitrogens is 1. The molecule has 0 radical (unpaired) electrons. The lowest BCUT2D eigenvalue weighted by molar-refractivity contribution is 0.752. The SMILES string of the molecule is CNc1cc(NCC(C)(C)SC)ccn1. The molecular formula is C11H19N3S. The van der Waals surface area contributed by atoms with Crippen LogP contribution >= 0.6 is 11.8 Å². The van der Waals surface area contributed by atoms with Gasteiger partial charge in [0.15, 0.2) is 0 Å². The third-order valence-corrected chi connectivity index (χ3v) is 3.54. The van der Waals surface area contributed by atoms with Crippen molar-refractivity contribution in [2.45, 2.75) is 18.6 Å². The number of hydrogen-bond donors (Lipinski definition) is 2. The smallest absolute Gasteiger partial charge is 0.127 e. The van der Waals surface area contributed by atoms with Crippen LogP contribution in [-0.2, 0) is 0 Å². The number of nitrogens with one attached hydrogen (secondary N) is 2. The second-order valence-corrected chi connectivity index (χ2v) is 5.51. The van der Waals surface area contributed by atoms with Gasteiger partial charge in [0.25, 0.3) is 0 Å². The molecule has 0 fully saturated rings. The Kier molecular flexibility index (Phi) is 4.27. The van der Waals surface area contributed by atoms with Gasteiger partial charge in [0.1, 0.15) is 5.82 Å². The summed E-state index contributed by atoms with van der Waals surface area (Å²) in [6, 6.07) is 3.99. The van der Waals surface area contributed by atoms with Crippen molar-refractivity contribution in [3.63, 3.8) is 0 Å². The minimum Gasteiger partial charge on any atom is -0.384 e. The molecule has 0 aliphatic heterocycles. The van der Waals surface area contributed by atoms with Crippen LogP contribution in [0, 0.1) is 0 Å². The Morgan fingerprint density at radius 3 is 2.80 bits per heavy atom. The highest BCUT2D eigenvalue weighted by Crippen LogP contribution is 2.22. The van der Waals surface area contributed by atoms with Gasteiger partial charge in [-0.05, 0) is 26.2 Å². The van der Waals surface area contributed by atoms with E-state index in [4.69, 9.17) is 0 Å². The minimum absolute atomic E-state index is 0.253. The number of hydrogen-bond acceptors (Lipinski definition) is 4. The van der Waals surface area contributed by atoms with E-state index >= 15 is 0 Å². The predicted molar refractivity (Wildman–Crippen MR) is 69.9 cm³/mol. The van der Waals surface area contributed by atoms with E-state index in [0.717, 1.165) is 18.1 Å². The number of thioether (sulfide) groups is 1. The van der Waals surface area contributed by atoms with E-state index in [9.17, 15) is 0 Å². The molecule has 0 aliphatic carbocycles. The first-order chi connectivity index (χ1) is 7.07. The van der Waals surface area contributed by atoms with Gasteiger partial charge >= 0.3 is 0 Å². The number of nitrogens with zero attached hydrogens (tertiary/aromatic N) is 1. The van der Waals surface area contributed by atoms with Crippen LogP contribution in [0.5, 0.6) is 0 Å². The highest BCUT2D eigenvalue weighted by atomic mass is 32.2. The Hall–Kier alpha value is -0.900. The Balaban J connectivity index is 2.57. The molecule has 4 heteroatoms. The fraction of sp³-hybridized carbons (Fsp3) is 0.545. The zero-order chi connectivity index (χ0) is 11.3. The molecule has 0 atom stereocenters. The second-order valence-electron chi connectivity index (χ2n) is 4.00. The van der Waals surface area contributed by atoms with Crippen LogP contribution in [0.2, 0.25) is 0 Å². The number of pyridine rings is 1. The van der Waals surface area contributed by atoms with E-state index in [1.807, 2.05) is 30.9 Å². The highest BCUT2D eigenvalue weighted by Gasteiger charge is 2.15. The maximum absolute atomic E-state index is 4.17. The first-order valence-corrected chi connectivity index (χ1v) is 6.23. The Morgan fingerprint density at radius 1 is 1.47 bits per heavy atom. The van der Waals surface area contributed by atoms with Crippen LogP contribution in [0.4, 0.5) is 11.5 Å². The normalized spacial score (nSPS) is 11.2. The van der Waals surface area contributed by atoms with Crippen LogP contribution in [-0.4, -0.2) is 29.6 Å². The van der Waals surface area contributed by atoms with Gasteiger partial charge in [0, 0.05) is 36.3 Å². The molecule has 0 aromatic carbocycles. The summed E-state index contributed by atoms with van der Waals surface area (Å²) >= 11 is 1.86. The first-order valence-electron chi connectivity index (χ1n) is 5.00. The summed E-state index contributed by atoms with van der Waals surface area (Å²) < 4.78 is 0.253. The molecule has 0 saturated heterocycles. The fourth-order valence-corrected chi connectivity index (χ4v) is 1.28. The molecule has 1 aromatic heterocycles. The molecule has 2 N–H and O–H groups in total. The van der Waals surface area contributed by atoms with Crippen molar-refractivity contribution in [2.75, 3.05) is 30.5 Å².